The number of rotatable bonds is 2. The molecule has 3 rings (SSSR count). The highest BCUT2D eigenvalue weighted by molar-refractivity contribution is 9.10. The minimum Gasteiger partial charge on any atom is -0.316 e. The second kappa shape index (κ2) is 5.35. The highest BCUT2D eigenvalue weighted by Gasteiger charge is 2.22. The van der Waals surface area contributed by atoms with Crippen LogP contribution in [0.15, 0.2) is 22.7 Å². The van der Waals surface area contributed by atoms with Crippen LogP contribution in [0, 0.1) is 13.8 Å². The number of halogens is 1. The molecule has 1 aromatic heterocycles. The number of hydrogen-bond acceptors (Lipinski definition) is 3. The molecule has 1 unspecified atom stereocenters. The molecule has 1 aliphatic heterocycles. The molecular formula is C15H17BrN2S. The second-order valence-electron chi connectivity index (χ2n) is 5.12. The molecule has 4 heteroatoms. The van der Waals surface area contributed by atoms with E-state index in [-0.39, 0.29) is 0 Å². The monoisotopic (exact) mass is 336 g/mol. The van der Waals surface area contributed by atoms with Gasteiger partial charge in [-0.25, -0.2) is 4.98 Å². The number of thiazole rings is 1. The third-order valence-electron chi connectivity index (χ3n) is 3.69. The van der Waals surface area contributed by atoms with Crippen LogP contribution in [0.4, 0.5) is 0 Å². The summed E-state index contributed by atoms with van der Waals surface area (Å²) in [5, 5.41) is 4.59. The average Bonchev–Trinajstić information content (AvgIpc) is 3.01. The van der Waals surface area contributed by atoms with Gasteiger partial charge in [0.25, 0.3) is 0 Å². The molecule has 19 heavy (non-hydrogen) atoms. The summed E-state index contributed by atoms with van der Waals surface area (Å²) in [6.07, 6.45) is 1.24. The van der Waals surface area contributed by atoms with Gasteiger partial charge in [-0.15, -0.1) is 11.3 Å². The maximum atomic E-state index is 4.80. The molecule has 100 valence electrons. The fourth-order valence-electron chi connectivity index (χ4n) is 2.61. The Hall–Kier alpha value is -0.710. The lowest BCUT2D eigenvalue weighted by molar-refractivity contribution is 0.770. The summed E-state index contributed by atoms with van der Waals surface area (Å²) in [6.45, 7) is 6.52. The van der Waals surface area contributed by atoms with Crippen molar-refractivity contribution in [3.8, 4) is 10.6 Å². The van der Waals surface area contributed by atoms with E-state index < -0.39 is 0 Å². The van der Waals surface area contributed by atoms with E-state index in [1.165, 1.54) is 28.1 Å². The van der Waals surface area contributed by atoms with E-state index in [0.29, 0.717) is 5.92 Å². The van der Waals surface area contributed by atoms with Crippen molar-refractivity contribution in [2.75, 3.05) is 13.1 Å². The molecule has 2 heterocycles. The molecule has 0 aliphatic carbocycles. The normalized spacial score (nSPS) is 19.0. The molecule has 1 saturated heterocycles. The Labute approximate surface area is 126 Å². The van der Waals surface area contributed by atoms with Crippen LogP contribution in [-0.4, -0.2) is 18.1 Å². The maximum absolute atomic E-state index is 4.80. The second-order valence-corrected chi connectivity index (χ2v) is 7.06. The van der Waals surface area contributed by atoms with E-state index in [2.05, 4.69) is 53.3 Å². The Morgan fingerprint density at radius 2 is 2.21 bits per heavy atom. The lowest BCUT2D eigenvalue weighted by Crippen LogP contribution is -2.07. The van der Waals surface area contributed by atoms with Crippen molar-refractivity contribution in [2.45, 2.75) is 26.2 Å². The molecule has 2 aromatic rings. The number of nitrogens with zero attached hydrogens (tertiary/aromatic N) is 1. The first-order valence-electron chi connectivity index (χ1n) is 6.59. The minimum atomic E-state index is 0.652. The molecule has 1 fully saturated rings. The van der Waals surface area contributed by atoms with Gasteiger partial charge in [-0.3, -0.25) is 0 Å². The molecule has 2 nitrogen and oxygen atoms in total. The van der Waals surface area contributed by atoms with E-state index in [1.807, 2.05) is 11.3 Å². The number of benzene rings is 1. The summed E-state index contributed by atoms with van der Waals surface area (Å²) in [6, 6.07) is 6.40. The average molecular weight is 337 g/mol. The summed E-state index contributed by atoms with van der Waals surface area (Å²) in [7, 11) is 0. The van der Waals surface area contributed by atoms with Crippen LogP contribution < -0.4 is 5.32 Å². The third kappa shape index (κ3) is 2.62. The SMILES string of the molecule is Cc1ccc(Br)cc1-c1nc(C)c(C2CCNC2)s1. The zero-order valence-electron chi connectivity index (χ0n) is 11.2. The molecule has 1 N–H and O–H groups in total. The Kier molecular flexibility index (Phi) is 3.74. The van der Waals surface area contributed by atoms with Gasteiger partial charge in [0.05, 0.1) is 5.69 Å². The molecular weight excluding hydrogens is 320 g/mol. The van der Waals surface area contributed by atoms with E-state index in [1.54, 1.807) is 0 Å². The molecule has 0 saturated carbocycles. The first kappa shape index (κ1) is 13.3. The van der Waals surface area contributed by atoms with Crippen molar-refractivity contribution in [2.24, 2.45) is 0 Å². The molecule has 1 aliphatic rings. The van der Waals surface area contributed by atoms with Gasteiger partial charge < -0.3 is 5.32 Å². The molecule has 0 amide bonds. The largest absolute Gasteiger partial charge is 0.316 e. The Morgan fingerprint density at radius 1 is 1.37 bits per heavy atom. The summed E-state index contributed by atoms with van der Waals surface area (Å²) in [5.74, 6) is 0.652. The minimum absolute atomic E-state index is 0.652. The zero-order chi connectivity index (χ0) is 13.4. The van der Waals surface area contributed by atoms with Crippen molar-refractivity contribution in [1.29, 1.82) is 0 Å². The highest BCUT2D eigenvalue weighted by Crippen LogP contribution is 2.37. The molecule has 0 spiro atoms. The lowest BCUT2D eigenvalue weighted by Gasteiger charge is -2.05. The van der Waals surface area contributed by atoms with Crippen LogP contribution in [0.25, 0.3) is 10.6 Å². The van der Waals surface area contributed by atoms with Gasteiger partial charge >= 0.3 is 0 Å². The number of aryl methyl sites for hydroxylation is 2. The smallest absolute Gasteiger partial charge is 0.124 e. The lowest BCUT2D eigenvalue weighted by atomic mass is 10.1. The van der Waals surface area contributed by atoms with Crippen LogP contribution in [0.1, 0.15) is 28.5 Å². The van der Waals surface area contributed by atoms with Crippen molar-refractivity contribution >= 4 is 27.3 Å². The number of aromatic nitrogens is 1. The first-order chi connectivity index (χ1) is 9.15. The van der Waals surface area contributed by atoms with Crippen molar-refractivity contribution in [3.63, 3.8) is 0 Å². The number of nitrogens with one attached hydrogen (secondary N) is 1. The Bertz CT molecular complexity index is 600. The molecule has 0 bridgehead atoms. The van der Waals surface area contributed by atoms with Crippen LogP contribution in [-0.2, 0) is 0 Å². The topological polar surface area (TPSA) is 24.9 Å². The van der Waals surface area contributed by atoms with Gasteiger partial charge in [0.1, 0.15) is 5.01 Å². The molecule has 1 aromatic carbocycles. The van der Waals surface area contributed by atoms with Gasteiger partial charge in [-0.05, 0) is 44.5 Å². The Balaban J connectivity index is 2.01. The molecule has 0 radical (unpaired) electrons. The van der Waals surface area contributed by atoms with E-state index in [0.717, 1.165) is 22.6 Å². The van der Waals surface area contributed by atoms with Gasteiger partial charge in [-0.2, -0.15) is 0 Å². The quantitative estimate of drug-likeness (QED) is 0.885. The predicted molar refractivity (Wildman–Crippen MR) is 85.0 cm³/mol. The van der Waals surface area contributed by atoms with Crippen molar-refractivity contribution < 1.29 is 0 Å². The maximum Gasteiger partial charge on any atom is 0.124 e. The molecule has 1 atom stereocenters. The van der Waals surface area contributed by atoms with Gasteiger partial charge in [0, 0.05) is 27.4 Å². The zero-order valence-corrected chi connectivity index (χ0v) is 13.6. The summed E-state index contributed by atoms with van der Waals surface area (Å²) < 4.78 is 1.12. The number of hydrogen-bond donors (Lipinski definition) is 1. The van der Waals surface area contributed by atoms with Crippen LogP contribution in [0.2, 0.25) is 0 Å². The van der Waals surface area contributed by atoms with E-state index >= 15 is 0 Å². The fourth-order valence-corrected chi connectivity index (χ4v) is 4.25. The summed E-state index contributed by atoms with van der Waals surface area (Å²) >= 11 is 5.41. The van der Waals surface area contributed by atoms with Crippen LogP contribution in [0.3, 0.4) is 0 Å². The van der Waals surface area contributed by atoms with E-state index in [4.69, 9.17) is 4.98 Å². The van der Waals surface area contributed by atoms with Gasteiger partial charge in [0.15, 0.2) is 0 Å². The highest BCUT2D eigenvalue weighted by atomic mass is 79.9. The van der Waals surface area contributed by atoms with Crippen LogP contribution >= 0.6 is 27.3 Å². The van der Waals surface area contributed by atoms with Gasteiger partial charge in [0.2, 0.25) is 0 Å². The fraction of sp³-hybridized carbons (Fsp3) is 0.400. The summed E-state index contributed by atoms with van der Waals surface area (Å²) in [5.41, 5.74) is 3.74. The first-order valence-corrected chi connectivity index (χ1v) is 8.20. The predicted octanol–water partition coefficient (Wildman–Crippen LogP) is 4.27. The standard InChI is InChI=1S/C15H17BrN2S/c1-9-3-4-12(16)7-13(9)15-18-10(2)14(19-15)11-5-6-17-8-11/h3-4,7,11,17H,5-6,8H2,1-2H3. The van der Waals surface area contributed by atoms with Gasteiger partial charge in [-0.1, -0.05) is 22.0 Å². The third-order valence-corrected chi connectivity index (χ3v) is 5.54. The van der Waals surface area contributed by atoms with Crippen LogP contribution in [0.5, 0.6) is 0 Å². The summed E-state index contributed by atoms with van der Waals surface area (Å²) in [4.78, 5) is 6.26. The Morgan fingerprint density at radius 3 is 2.95 bits per heavy atom. The van der Waals surface area contributed by atoms with Crippen molar-refractivity contribution in [1.82, 2.24) is 10.3 Å². The van der Waals surface area contributed by atoms with Crippen molar-refractivity contribution in [3.05, 3.63) is 38.8 Å². The van der Waals surface area contributed by atoms with E-state index in [9.17, 15) is 0 Å².